The van der Waals surface area contributed by atoms with E-state index in [1.54, 1.807) is 0 Å². The number of carbonyl (C=O) groups is 1. The maximum atomic E-state index is 11.0. The van der Waals surface area contributed by atoms with Crippen LogP contribution >= 0.6 is 0 Å². The van der Waals surface area contributed by atoms with Gasteiger partial charge in [0.2, 0.25) is 5.91 Å². The molecule has 0 aliphatic carbocycles. The van der Waals surface area contributed by atoms with E-state index < -0.39 is 0 Å². The van der Waals surface area contributed by atoms with Gasteiger partial charge in [0.15, 0.2) is 0 Å². The van der Waals surface area contributed by atoms with Crippen LogP contribution in [0.5, 0.6) is 0 Å². The summed E-state index contributed by atoms with van der Waals surface area (Å²) in [5.74, 6) is 0.337. The highest BCUT2D eigenvalue weighted by atomic mass is 16.2. The van der Waals surface area contributed by atoms with Gasteiger partial charge in [-0.1, -0.05) is 0 Å². The van der Waals surface area contributed by atoms with E-state index in [0.29, 0.717) is 5.91 Å². The van der Waals surface area contributed by atoms with Crippen molar-refractivity contribution in [3.8, 4) is 0 Å². The molecule has 0 saturated carbocycles. The van der Waals surface area contributed by atoms with Crippen LogP contribution in [0.2, 0.25) is 0 Å². The van der Waals surface area contributed by atoms with Crippen LogP contribution in [0.15, 0.2) is 12.4 Å². The summed E-state index contributed by atoms with van der Waals surface area (Å²) >= 11 is 0. The van der Waals surface area contributed by atoms with Gasteiger partial charge in [0.25, 0.3) is 0 Å². The molecule has 0 radical (unpaired) electrons. The van der Waals surface area contributed by atoms with E-state index in [-0.39, 0.29) is 0 Å². The largest absolute Gasteiger partial charge is 0.362 e. The molecule has 0 aromatic rings. The number of likely N-dealkylation sites (tertiary alicyclic amines) is 1. The molecule has 0 bridgehead atoms. The molecule has 0 aromatic carbocycles. The van der Waals surface area contributed by atoms with Crippen molar-refractivity contribution in [3.05, 3.63) is 12.4 Å². The fourth-order valence-corrected chi connectivity index (χ4v) is 1.87. The lowest BCUT2D eigenvalue weighted by Crippen LogP contribution is -2.34. The summed E-state index contributed by atoms with van der Waals surface area (Å²) in [5.41, 5.74) is 0. The fourth-order valence-electron chi connectivity index (χ4n) is 1.87. The van der Waals surface area contributed by atoms with Crippen molar-refractivity contribution in [2.75, 3.05) is 33.9 Å². The van der Waals surface area contributed by atoms with E-state index in [1.807, 2.05) is 11.8 Å². The van der Waals surface area contributed by atoms with Crippen LogP contribution in [0.4, 0.5) is 0 Å². The molecule has 1 fully saturated rings. The molecule has 0 atom stereocenters. The number of hydrogen-bond donors (Lipinski definition) is 0. The summed E-state index contributed by atoms with van der Waals surface area (Å²) in [6, 6.07) is 0. The zero-order valence-corrected chi connectivity index (χ0v) is 10.6. The molecule has 2 rings (SSSR count). The van der Waals surface area contributed by atoms with Crippen LogP contribution in [0, 0.1) is 0 Å². The minimum absolute atomic E-state index is 0.337. The van der Waals surface area contributed by atoms with E-state index in [1.165, 1.54) is 6.42 Å². The predicted octanol–water partition coefficient (Wildman–Crippen LogP) is 1.31. The highest BCUT2D eigenvalue weighted by Crippen LogP contribution is 2.08. The van der Waals surface area contributed by atoms with Crippen LogP contribution in [0.25, 0.3) is 0 Å². The Kier molecular flexibility index (Phi) is 5.15. The Labute approximate surface area is 98.5 Å². The quantitative estimate of drug-likeness (QED) is 0.673. The minimum atomic E-state index is 0.337. The molecule has 1 saturated heterocycles. The zero-order chi connectivity index (χ0) is 12.0. The monoisotopic (exact) mass is 225 g/mol. The third kappa shape index (κ3) is 4.13. The molecule has 4 heteroatoms. The summed E-state index contributed by atoms with van der Waals surface area (Å²) in [4.78, 5) is 17.1. The number of amides is 1. The summed E-state index contributed by atoms with van der Waals surface area (Å²) in [5, 5.41) is 0. The van der Waals surface area contributed by atoms with E-state index >= 15 is 0 Å². The Morgan fingerprint density at radius 2 is 1.81 bits per heavy atom. The number of nitrogens with zero attached hydrogens (tertiary/aromatic N) is 3. The fraction of sp³-hybridized carbons (Fsp3) is 0.750. The van der Waals surface area contributed by atoms with Gasteiger partial charge >= 0.3 is 0 Å². The van der Waals surface area contributed by atoms with Crippen molar-refractivity contribution in [2.24, 2.45) is 0 Å². The third-order valence-electron chi connectivity index (χ3n) is 2.82. The van der Waals surface area contributed by atoms with E-state index in [4.69, 9.17) is 0 Å². The molecule has 2 heterocycles. The molecule has 2 aliphatic rings. The molecular weight excluding hydrogens is 202 g/mol. The minimum Gasteiger partial charge on any atom is -0.362 e. The Morgan fingerprint density at radius 1 is 1.19 bits per heavy atom. The molecule has 4 nitrogen and oxygen atoms in total. The van der Waals surface area contributed by atoms with Crippen molar-refractivity contribution in [3.63, 3.8) is 0 Å². The van der Waals surface area contributed by atoms with Crippen LogP contribution in [0.3, 0.4) is 0 Å². The van der Waals surface area contributed by atoms with Crippen LogP contribution in [0.1, 0.15) is 26.2 Å². The molecule has 0 aromatic heterocycles. The van der Waals surface area contributed by atoms with Gasteiger partial charge in [-0.15, -0.1) is 0 Å². The highest BCUT2D eigenvalue weighted by molar-refractivity contribution is 5.76. The van der Waals surface area contributed by atoms with E-state index in [9.17, 15) is 4.79 Å². The van der Waals surface area contributed by atoms with Crippen LogP contribution < -0.4 is 0 Å². The molecule has 0 N–H and O–H groups in total. The smallest absolute Gasteiger partial charge is 0.222 e. The molecule has 0 unspecified atom stereocenters. The summed E-state index contributed by atoms with van der Waals surface area (Å²) in [7, 11) is 4.11. The molecule has 1 amide bonds. The Balaban J connectivity index is 0.000000165. The predicted molar refractivity (Wildman–Crippen MR) is 65.6 cm³/mol. The number of piperidine rings is 1. The van der Waals surface area contributed by atoms with Gasteiger partial charge in [0.05, 0.1) is 6.67 Å². The van der Waals surface area contributed by atoms with Crippen molar-refractivity contribution in [1.29, 1.82) is 0 Å². The second-order valence-corrected chi connectivity index (χ2v) is 4.38. The maximum Gasteiger partial charge on any atom is 0.222 e. The van der Waals surface area contributed by atoms with Crippen molar-refractivity contribution >= 4 is 5.91 Å². The summed E-state index contributed by atoms with van der Waals surface area (Å²) in [6.45, 7) is 4.93. The first-order chi connectivity index (χ1) is 7.63. The average Bonchev–Trinajstić information content (AvgIpc) is 2.64. The Morgan fingerprint density at radius 3 is 2.12 bits per heavy atom. The number of hydrogen-bond acceptors (Lipinski definition) is 3. The summed E-state index contributed by atoms with van der Waals surface area (Å²) < 4.78 is 0. The number of carbonyl (C=O) groups excluding carboxylic acids is 1. The lowest BCUT2D eigenvalue weighted by Gasteiger charge is -2.24. The number of rotatable bonds is 1. The van der Waals surface area contributed by atoms with Crippen molar-refractivity contribution in [1.82, 2.24) is 14.7 Å². The molecule has 2 aliphatic heterocycles. The second-order valence-electron chi connectivity index (χ2n) is 4.38. The first-order valence-corrected chi connectivity index (χ1v) is 6.00. The zero-order valence-electron chi connectivity index (χ0n) is 10.6. The molecular formula is C12H23N3O. The Hall–Kier alpha value is -1.19. The van der Waals surface area contributed by atoms with Crippen molar-refractivity contribution in [2.45, 2.75) is 26.2 Å². The van der Waals surface area contributed by atoms with Crippen LogP contribution in [-0.2, 0) is 4.79 Å². The van der Waals surface area contributed by atoms with E-state index in [2.05, 4.69) is 36.3 Å². The maximum absolute atomic E-state index is 11.0. The van der Waals surface area contributed by atoms with Gasteiger partial charge in [0.1, 0.15) is 0 Å². The lowest BCUT2D eigenvalue weighted by molar-refractivity contribution is -0.132. The standard InChI is InChI=1S/C7H13NO.C5H10N2/c1-2-8-6-4-3-5-7(8)9;1-6-3-4-7(2)5-6/h2-6H2,1H3;3-4H,5H2,1-2H3. The van der Waals surface area contributed by atoms with Gasteiger partial charge in [-0.05, 0) is 19.8 Å². The molecule has 92 valence electrons. The average molecular weight is 225 g/mol. The van der Waals surface area contributed by atoms with Gasteiger partial charge in [0, 0.05) is 46.0 Å². The summed E-state index contributed by atoms with van der Waals surface area (Å²) in [6.07, 6.45) is 7.17. The lowest BCUT2D eigenvalue weighted by atomic mass is 10.1. The topological polar surface area (TPSA) is 26.8 Å². The highest BCUT2D eigenvalue weighted by Gasteiger charge is 2.14. The van der Waals surface area contributed by atoms with Crippen molar-refractivity contribution < 1.29 is 4.79 Å². The Bertz CT molecular complexity index is 243. The van der Waals surface area contributed by atoms with E-state index in [0.717, 1.165) is 32.6 Å². The van der Waals surface area contributed by atoms with Gasteiger partial charge in [-0.25, -0.2) is 0 Å². The normalized spacial score (nSPS) is 19.9. The molecule has 16 heavy (non-hydrogen) atoms. The molecule has 0 spiro atoms. The van der Waals surface area contributed by atoms with Gasteiger partial charge in [-0.3, -0.25) is 4.79 Å². The van der Waals surface area contributed by atoms with Gasteiger partial charge < -0.3 is 14.7 Å². The SMILES string of the molecule is CCN1CCCCC1=O.CN1C=CN(C)C1. The van der Waals surface area contributed by atoms with Crippen LogP contribution in [-0.4, -0.2) is 54.5 Å². The van der Waals surface area contributed by atoms with Gasteiger partial charge in [-0.2, -0.15) is 0 Å². The third-order valence-corrected chi connectivity index (χ3v) is 2.82. The second kappa shape index (κ2) is 6.40. The first-order valence-electron chi connectivity index (χ1n) is 6.00. The first kappa shape index (κ1) is 12.9.